The fourth-order valence-electron chi connectivity index (χ4n) is 5.77. The first-order valence-corrected chi connectivity index (χ1v) is 9.11. The standard InChI is InChI=1S/C21H27NO3/c1-13(23)25-17-9-7-8-16-20(17,4)11-10-15-19(2,3)18(24)14(22-6)12-21(15,16)5/h8,12,15,17H,7,9-11H2,1-5H3/t15-,17+,20+,21-/m0/s1. The highest BCUT2D eigenvalue weighted by atomic mass is 16.5. The number of nitrogens with zero attached hydrogens (tertiary/aromatic N) is 1. The zero-order valence-corrected chi connectivity index (χ0v) is 15.8. The Kier molecular flexibility index (Phi) is 3.98. The first kappa shape index (κ1) is 17.9. The van der Waals surface area contributed by atoms with E-state index >= 15 is 0 Å². The molecule has 0 aromatic carbocycles. The summed E-state index contributed by atoms with van der Waals surface area (Å²) in [5.74, 6) is -0.119. The van der Waals surface area contributed by atoms with E-state index in [2.05, 4.69) is 24.8 Å². The molecule has 0 aromatic rings. The van der Waals surface area contributed by atoms with Crippen LogP contribution < -0.4 is 0 Å². The van der Waals surface area contributed by atoms with Crippen LogP contribution in [0.3, 0.4) is 0 Å². The maximum absolute atomic E-state index is 12.8. The number of allylic oxidation sites excluding steroid dienone is 3. The van der Waals surface area contributed by atoms with Gasteiger partial charge >= 0.3 is 5.97 Å². The molecule has 0 N–H and O–H groups in total. The summed E-state index contributed by atoms with van der Waals surface area (Å²) >= 11 is 0. The van der Waals surface area contributed by atoms with E-state index in [1.165, 1.54) is 12.5 Å². The summed E-state index contributed by atoms with van der Waals surface area (Å²) in [6.07, 6.45) is 7.53. The Morgan fingerprint density at radius 3 is 2.56 bits per heavy atom. The van der Waals surface area contributed by atoms with Crippen molar-refractivity contribution in [2.45, 2.75) is 66.4 Å². The van der Waals surface area contributed by atoms with Gasteiger partial charge < -0.3 is 9.53 Å². The van der Waals surface area contributed by atoms with Crippen molar-refractivity contribution in [1.82, 2.24) is 0 Å². The topological polar surface area (TPSA) is 47.7 Å². The molecule has 0 unspecified atom stereocenters. The Bertz CT molecular complexity index is 739. The normalized spacial score (nSPS) is 39.3. The van der Waals surface area contributed by atoms with Crippen LogP contribution in [0, 0.1) is 28.7 Å². The molecule has 3 aliphatic carbocycles. The molecule has 0 aliphatic heterocycles. The van der Waals surface area contributed by atoms with Crippen LogP contribution in [0.2, 0.25) is 0 Å². The third kappa shape index (κ3) is 2.39. The lowest BCUT2D eigenvalue weighted by Gasteiger charge is -2.59. The minimum atomic E-state index is -0.556. The number of rotatable bonds is 1. The number of ether oxygens (including phenoxy) is 1. The molecular weight excluding hydrogens is 314 g/mol. The first-order chi connectivity index (χ1) is 11.6. The van der Waals surface area contributed by atoms with E-state index in [4.69, 9.17) is 11.3 Å². The fourth-order valence-corrected chi connectivity index (χ4v) is 5.77. The van der Waals surface area contributed by atoms with E-state index in [0.29, 0.717) is 0 Å². The maximum Gasteiger partial charge on any atom is 0.302 e. The first-order valence-electron chi connectivity index (χ1n) is 9.11. The summed E-state index contributed by atoms with van der Waals surface area (Å²) in [5.41, 5.74) is 0.372. The van der Waals surface area contributed by atoms with Crippen molar-refractivity contribution in [3.8, 4) is 0 Å². The lowest BCUT2D eigenvalue weighted by molar-refractivity contribution is -0.156. The molecule has 3 aliphatic rings. The molecule has 3 rings (SSSR count). The summed E-state index contributed by atoms with van der Waals surface area (Å²) in [4.78, 5) is 27.9. The molecule has 0 aromatic heterocycles. The van der Waals surface area contributed by atoms with Gasteiger partial charge in [0.25, 0.3) is 0 Å². The summed E-state index contributed by atoms with van der Waals surface area (Å²) in [6, 6.07) is 0. The van der Waals surface area contributed by atoms with Crippen molar-refractivity contribution in [2.24, 2.45) is 22.2 Å². The van der Waals surface area contributed by atoms with E-state index in [1.807, 2.05) is 19.9 Å². The van der Waals surface area contributed by atoms with Crippen molar-refractivity contribution in [3.63, 3.8) is 0 Å². The van der Waals surface area contributed by atoms with E-state index in [1.54, 1.807) is 0 Å². The summed E-state index contributed by atoms with van der Waals surface area (Å²) in [6.45, 7) is 17.2. The number of Topliss-reactive ketones (excluding diaryl/α,β-unsaturated/α-hetero) is 1. The van der Waals surface area contributed by atoms with Gasteiger partial charge in [-0.3, -0.25) is 4.79 Å². The second-order valence-electron chi connectivity index (χ2n) is 8.78. The Morgan fingerprint density at radius 2 is 1.96 bits per heavy atom. The Labute approximate surface area is 150 Å². The fraction of sp³-hybridized carbons (Fsp3) is 0.667. The third-order valence-electron chi connectivity index (χ3n) is 6.91. The lowest BCUT2D eigenvalue weighted by Crippen LogP contribution is -2.56. The van der Waals surface area contributed by atoms with E-state index < -0.39 is 5.41 Å². The molecule has 0 radical (unpaired) electrons. The number of hydrogen-bond acceptors (Lipinski definition) is 3. The summed E-state index contributed by atoms with van der Waals surface area (Å²) in [5, 5.41) is 0. The molecule has 4 nitrogen and oxygen atoms in total. The predicted octanol–water partition coefficient (Wildman–Crippen LogP) is 4.47. The predicted molar refractivity (Wildman–Crippen MR) is 95.3 cm³/mol. The average molecular weight is 341 g/mol. The van der Waals surface area contributed by atoms with Crippen molar-refractivity contribution < 1.29 is 14.3 Å². The van der Waals surface area contributed by atoms with Crippen LogP contribution in [0.15, 0.2) is 23.4 Å². The molecule has 25 heavy (non-hydrogen) atoms. The van der Waals surface area contributed by atoms with Crippen LogP contribution in [0.5, 0.6) is 0 Å². The molecule has 1 fully saturated rings. The number of esters is 1. The van der Waals surface area contributed by atoms with E-state index in [-0.39, 0.29) is 40.3 Å². The number of fused-ring (bicyclic) bond motifs is 3. The maximum atomic E-state index is 12.8. The van der Waals surface area contributed by atoms with Gasteiger partial charge in [-0.2, -0.15) is 0 Å². The molecule has 0 spiro atoms. The zero-order valence-electron chi connectivity index (χ0n) is 15.8. The van der Waals surface area contributed by atoms with Crippen LogP contribution in [0.25, 0.3) is 4.85 Å². The van der Waals surface area contributed by atoms with Crippen molar-refractivity contribution >= 4 is 11.8 Å². The molecule has 4 heteroatoms. The second-order valence-corrected chi connectivity index (χ2v) is 8.78. The molecule has 0 amide bonds. The van der Waals surface area contributed by atoms with Gasteiger partial charge in [0.1, 0.15) is 6.10 Å². The minimum absolute atomic E-state index is 0.0403. The molecular formula is C21H27NO3. The number of carbonyl (C=O) groups excluding carboxylic acids is 2. The van der Waals surface area contributed by atoms with Gasteiger partial charge in [0, 0.05) is 23.2 Å². The largest absolute Gasteiger partial charge is 0.462 e. The Balaban J connectivity index is 2.15. The molecule has 0 bridgehead atoms. The Hall–Kier alpha value is -1.89. The van der Waals surface area contributed by atoms with Gasteiger partial charge in [0.05, 0.1) is 6.57 Å². The second kappa shape index (κ2) is 5.56. The monoisotopic (exact) mass is 341 g/mol. The van der Waals surface area contributed by atoms with Gasteiger partial charge in [-0.05, 0) is 31.6 Å². The quantitative estimate of drug-likeness (QED) is 0.401. The number of ketones is 1. The third-order valence-corrected chi connectivity index (χ3v) is 6.91. The molecule has 0 heterocycles. The van der Waals surface area contributed by atoms with Gasteiger partial charge in [0.15, 0.2) is 5.78 Å². The molecule has 0 saturated heterocycles. The van der Waals surface area contributed by atoms with Gasteiger partial charge in [-0.1, -0.05) is 45.4 Å². The van der Waals surface area contributed by atoms with Gasteiger partial charge in [-0.25, -0.2) is 4.85 Å². The highest BCUT2D eigenvalue weighted by Gasteiger charge is 2.60. The van der Waals surface area contributed by atoms with Gasteiger partial charge in [-0.15, -0.1) is 0 Å². The minimum Gasteiger partial charge on any atom is -0.462 e. The van der Waals surface area contributed by atoms with Gasteiger partial charge in [0.2, 0.25) is 5.70 Å². The number of carbonyl (C=O) groups is 2. The zero-order chi connectivity index (χ0) is 18.6. The molecule has 4 atom stereocenters. The molecule has 134 valence electrons. The SMILES string of the molecule is [C-]#[N+]C1=C[C@]2(C)C3=CCC[C@@H](OC(C)=O)[C@]3(C)CC[C@H]2C(C)(C)C1=O. The highest BCUT2D eigenvalue weighted by molar-refractivity contribution is 6.02. The van der Waals surface area contributed by atoms with E-state index in [0.717, 1.165) is 25.7 Å². The van der Waals surface area contributed by atoms with Crippen molar-refractivity contribution in [2.75, 3.05) is 0 Å². The van der Waals surface area contributed by atoms with Crippen LogP contribution in [0.4, 0.5) is 0 Å². The van der Waals surface area contributed by atoms with Crippen molar-refractivity contribution in [3.05, 3.63) is 34.8 Å². The Morgan fingerprint density at radius 1 is 1.28 bits per heavy atom. The van der Waals surface area contributed by atoms with Crippen LogP contribution in [-0.4, -0.2) is 17.9 Å². The average Bonchev–Trinajstić information content (AvgIpc) is 2.52. The number of hydrogen-bond donors (Lipinski definition) is 0. The molecule has 1 saturated carbocycles. The summed E-state index contributed by atoms with van der Waals surface area (Å²) in [7, 11) is 0. The smallest absolute Gasteiger partial charge is 0.302 e. The lowest BCUT2D eigenvalue weighted by atomic mass is 9.45. The van der Waals surface area contributed by atoms with Crippen LogP contribution in [0.1, 0.15) is 60.3 Å². The van der Waals surface area contributed by atoms with E-state index in [9.17, 15) is 9.59 Å². The van der Waals surface area contributed by atoms with Crippen LogP contribution in [-0.2, 0) is 14.3 Å². The van der Waals surface area contributed by atoms with Crippen molar-refractivity contribution in [1.29, 1.82) is 0 Å². The van der Waals surface area contributed by atoms with Crippen LogP contribution >= 0.6 is 0 Å². The highest BCUT2D eigenvalue weighted by Crippen LogP contribution is 2.64. The summed E-state index contributed by atoms with van der Waals surface area (Å²) < 4.78 is 5.69.